The first-order valence-electron chi connectivity index (χ1n) is 5.59. The van der Waals surface area contributed by atoms with Gasteiger partial charge in [0.2, 0.25) is 0 Å². The van der Waals surface area contributed by atoms with Crippen LogP contribution >= 0.6 is 22.9 Å². The standard InChI is InChI=1S/C13H15ClN2S/c14-12-3-1-2-10(5-12)4-11(7-15)6-13-8-17-9-16-13/h1-3,5,8-9,11H,4,6-7,15H2. The van der Waals surface area contributed by atoms with Gasteiger partial charge in [0.05, 0.1) is 11.2 Å². The number of halogens is 1. The van der Waals surface area contributed by atoms with Crippen molar-refractivity contribution in [2.75, 3.05) is 6.54 Å². The Bertz CT molecular complexity index is 456. The van der Waals surface area contributed by atoms with E-state index in [1.165, 1.54) is 5.56 Å². The predicted octanol–water partition coefficient (Wildman–Crippen LogP) is 3.16. The van der Waals surface area contributed by atoms with E-state index >= 15 is 0 Å². The van der Waals surface area contributed by atoms with Crippen molar-refractivity contribution in [3.05, 3.63) is 51.4 Å². The maximum absolute atomic E-state index is 5.97. The zero-order chi connectivity index (χ0) is 12.1. The average molecular weight is 267 g/mol. The molecule has 0 saturated carbocycles. The van der Waals surface area contributed by atoms with Gasteiger partial charge in [-0.25, -0.2) is 4.98 Å². The van der Waals surface area contributed by atoms with Crippen LogP contribution in [0.25, 0.3) is 0 Å². The molecule has 1 atom stereocenters. The van der Waals surface area contributed by atoms with Crippen molar-refractivity contribution in [3.8, 4) is 0 Å². The van der Waals surface area contributed by atoms with Crippen molar-refractivity contribution in [2.24, 2.45) is 11.7 Å². The minimum Gasteiger partial charge on any atom is -0.330 e. The van der Waals surface area contributed by atoms with Gasteiger partial charge in [-0.15, -0.1) is 11.3 Å². The van der Waals surface area contributed by atoms with Crippen molar-refractivity contribution in [3.63, 3.8) is 0 Å². The van der Waals surface area contributed by atoms with Crippen LogP contribution in [0, 0.1) is 5.92 Å². The Kier molecular flexibility index (Phi) is 4.54. The smallest absolute Gasteiger partial charge is 0.0794 e. The van der Waals surface area contributed by atoms with E-state index in [4.69, 9.17) is 17.3 Å². The highest BCUT2D eigenvalue weighted by atomic mass is 35.5. The summed E-state index contributed by atoms with van der Waals surface area (Å²) in [6, 6.07) is 7.97. The number of nitrogens with zero attached hydrogens (tertiary/aromatic N) is 1. The Hall–Kier alpha value is -0.900. The molecule has 2 rings (SSSR count). The van der Waals surface area contributed by atoms with Crippen molar-refractivity contribution >= 4 is 22.9 Å². The molecule has 1 heterocycles. The van der Waals surface area contributed by atoms with E-state index in [1.54, 1.807) is 11.3 Å². The van der Waals surface area contributed by atoms with Gasteiger partial charge in [-0.2, -0.15) is 0 Å². The van der Waals surface area contributed by atoms with Crippen LogP contribution in [-0.4, -0.2) is 11.5 Å². The van der Waals surface area contributed by atoms with Crippen LogP contribution in [0.4, 0.5) is 0 Å². The fourth-order valence-corrected chi connectivity index (χ4v) is 2.65. The molecule has 2 N–H and O–H groups in total. The Morgan fingerprint density at radius 3 is 2.88 bits per heavy atom. The molecule has 0 aliphatic carbocycles. The maximum Gasteiger partial charge on any atom is 0.0794 e. The SMILES string of the molecule is NCC(Cc1cccc(Cl)c1)Cc1cscn1. The molecule has 2 aromatic rings. The number of hydrogen-bond acceptors (Lipinski definition) is 3. The normalized spacial score (nSPS) is 12.6. The topological polar surface area (TPSA) is 38.9 Å². The molecule has 1 aromatic carbocycles. The highest BCUT2D eigenvalue weighted by Crippen LogP contribution is 2.17. The van der Waals surface area contributed by atoms with Gasteiger partial charge in [0, 0.05) is 10.4 Å². The van der Waals surface area contributed by atoms with E-state index in [2.05, 4.69) is 16.4 Å². The van der Waals surface area contributed by atoms with Crippen LogP contribution in [0.1, 0.15) is 11.3 Å². The summed E-state index contributed by atoms with van der Waals surface area (Å²) in [6.07, 6.45) is 1.89. The monoisotopic (exact) mass is 266 g/mol. The number of thiazole rings is 1. The Morgan fingerprint density at radius 1 is 1.35 bits per heavy atom. The van der Waals surface area contributed by atoms with E-state index in [1.807, 2.05) is 23.7 Å². The molecule has 0 aliphatic heterocycles. The van der Waals surface area contributed by atoms with E-state index < -0.39 is 0 Å². The molecule has 0 aliphatic rings. The lowest BCUT2D eigenvalue weighted by Gasteiger charge is -2.13. The second-order valence-electron chi connectivity index (χ2n) is 4.12. The molecule has 1 unspecified atom stereocenters. The van der Waals surface area contributed by atoms with Crippen LogP contribution in [0.5, 0.6) is 0 Å². The van der Waals surface area contributed by atoms with Crippen LogP contribution in [0.15, 0.2) is 35.2 Å². The van der Waals surface area contributed by atoms with Crippen LogP contribution in [-0.2, 0) is 12.8 Å². The summed E-state index contributed by atoms with van der Waals surface area (Å²) in [5.41, 5.74) is 10.1. The molecule has 0 saturated heterocycles. The summed E-state index contributed by atoms with van der Waals surface area (Å²) < 4.78 is 0. The first kappa shape index (κ1) is 12.6. The highest BCUT2D eigenvalue weighted by Gasteiger charge is 2.10. The Labute approximate surface area is 110 Å². The lowest BCUT2D eigenvalue weighted by atomic mass is 9.95. The summed E-state index contributed by atoms with van der Waals surface area (Å²) >= 11 is 7.60. The molecule has 0 fully saturated rings. The number of rotatable bonds is 5. The van der Waals surface area contributed by atoms with Crippen molar-refractivity contribution in [2.45, 2.75) is 12.8 Å². The molecule has 90 valence electrons. The van der Waals surface area contributed by atoms with Gasteiger partial charge in [0.15, 0.2) is 0 Å². The van der Waals surface area contributed by atoms with Crippen LogP contribution < -0.4 is 5.73 Å². The quantitative estimate of drug-likeness (QED) is 0.903. The summed E-state index contributed by atoms with van der Waals surface area (Å²) in [5.74, 6) is 0.426. The number of benzene rings is 1. The fraction of sp³-hybridized carbons (Fsp3) is 0.308. The van der Waals surface area contributed by atoms with E-state index in [-0.39, 0.29) is 0 Å². The van der Waals surface area contributed by atoms with Gasteiger partial charge in [-0.05, 0) is 43.0 Å². The zero-order valence-corrected chi connectivity index (χ0v) is 11.0. The van der Waals surface area contributed by atoms with Crippen LogP contribution in [0.2, 0.25) is 5.02 Å². The Morgan fingerprint density at radius 2 is 2.24 bits per heavy atom. The molecular weight excluding hydrogens is 252 g/mol. The minimum atomic E-state index is 0.426. The van der Waals surface area contributed by atoms with Crippen molar-refractivity contribution < 1.29 is 0 Å². The lowest BCUT2D eigenvalue weighted by molar-refractivity contribution is 0.528. The minimum absolute atomic E-state index is 0.426. The summed E-state index contributed by atoms with van der Waals surface area (Å²) in [7, 11) is 0. The second-order valence-corrected chi connectivity index (χ2v) is 5.27. The number of hydrogen-bond donors (Lipinski definition) is 1. The summed E-state index contributed by atoms with van der Waals surface area (Å²) in [5, 5.41) is 2.87. The van der Waals surface area contributed by atoms with Gasteiger partial charge < -0.3 is 5.73 Å². The van der Waals surface area contributed by atoms with Crippen molar-refractivity contribution in [1.82, 2.24) is 4.98 Å². The van der Waals surface area contributed by atoms with E-state index in [9.17, 15) is 0 Å². The molecule has 1 aromatic heterocycles. The molecule has 0 spiro atoms. The molecule has 17 heavy (non-hydrogen) atoms. The third-order valence-electron chi connectivity index (χ3n) is 2.73. The third-order valence-corrected chi connectivity index (χ3v) is 3.60. The molecule has 0 radical (unpaired) electrons. The molecule has 0 bridgehead atoms. The molecule has 4 heteroatoms. The van der Waals surface area contributed by atoms with Crippen molar-refractivity contribution in [1.29, 1.82) is 0 Å². The third kappa shape index (κ3) is 3.80. The first-order chi connectivity index (χ1) is 8.28. The van der Waals surface area contributed by atoms with Gasteiger partial charge in [-0.3, -0.25) is 0 Å². The second kappa shape index (κ2) is 6.15. The van der Waals surface area contributed by atoms with Gasteiger partial charge >= 0.3 is 0 Å². The highest BCUT2D eigenvalue weighted by molar-refractivity contribution is 7.07. The van der Waals surface area contributed by atoms with Gasteiger partial charge in [-0.1, -0.05) is 23.7 Å². The van der Waals surface area contributed by atoms with Crippen LogP contribution in [0.3, 0.4) is 0 Å². The van der Waals surface area contributed by atoms with Gasteiger partial charge in [0.1, 0.15) is 0 Å². The lowest BCUT2D eigenvalue weighted by Crippen LogP contribution is -2.19. The molecule has 0 amide bonds. The summed E-state index contributed by atoms with van der Waals surface area (Å²) in [4.78, 5) is 4.30. The predicted molar refractivity (Wildman–Crippen MR) is 73.5 cm³/mol. The number of aromatic nitrogens is 1. The molecule has 2 nitrogen and oxygen atoms in total. The number of nitrogens with two attached hydrogens (primary N) is 1. The average Bonchev–Trinajstić information content (AvgIpc) is 2.81. The van der Waals surface area contributed by atoms with Gasteiger partial charge in [0.25, 0.3) is 0 Å². The zero-order valence-electron chi connectivity index (χ0n) is 9.47. The Balaban J connectivity index is 2.00. The largest absolute Gasteiger partial charge is 0.330 e. The van der Waals surface area contributed by atoms with E-state index in [0.29, 0.717) is 12.5 Å². The fourth-order valence-electron chi connectivity index (χ4n) is 1.87. The summed E-state index contributed by atoms with van der Waals surface area (Å²) in [6.45, 7) is 0.671. The van der Waals surface area contributed by atoms with E-state index in [0.717, 1.165) is 23.6 Å². The maximum atomic E-state index is 5.97. The first-order valence-corrected chi connectivity index (χ1v) is 6.91. The molecular formula is C13H15ClN2S.